The highest BCUT2D eigenvalue weighted by Crippen LogP contribution is 2.26. The Labute approximate surface area is 122 Å². The first kappa shape index (κ1) is 13.1. The molecule has 21 heavy (non-hydrogen) atoms. The molecule has 0 aliphatic heterocycles. The van der Waals surface area contributed by atoms with Crippen LogP contribution in [-0.2, 0) is 0 Å². The van der Waals surface area contributed by atoms with Crippen LogP contribution in [-0.4, -0.2) is 24.9 Å². The maximum atomic E-state index is 9.68. The summed E-state index contributed by atoms with van der Waals surface area (Å²) in [6.45, 7) is 3.92. The van der Waals surface area contributed by atoms with Crippen LogP contribution in [0.15, 0.2) is 42.9 Å². The van der Waals surface area contributed by atoms with Crippen LogP contribution < -0.4 is 5.32 Å². The molecule has 0 radical (unpaired) electrons. The molecular formula is C15H15N5O. The Morgan fingerprint density at radius 1 is 1.14 bits per heavy atom. The minimum absolute atomic E-state index is 0.213. The molecule has 0 saturated heterocycles. The van der Waals surface area contributed by atoms with Crippen molar-refractivity contribution in [3.05, 3.63) is 54.0 Å². The standard InChI is InChI=1S/C15H15N5O/c1-10-7-12(21)8-13(11(10)2)18-15-17-9-20(19-15)14-5-3-4-6-16-14/h3-9,21H,1-2H3,(H,18,19). The molecule has 6 nitrogen and oxygen atoms in total. The van der Waals surface area contributed by atoms with Crippen molar-refractivity contribution in [3.63, 3.8) is 0 Å². The maximum Gasteiger partial charge on any atom is 0.247 e. The number of hydrogen-bond donors (Lipinski definition) is 2. The molecule has 0 saturated carbocycles. The average molecular weight is 281 g/mol. The van der Waals surface area contributed by atoms with E-state index in [1.807, 2.05) is 32.0 Å². The number of rotatable bonds is 3. The van der Waals surface area contributed by atoms with Crippen LogP contribution in [0.4, 0.5) is 11.6 Å². The van der Waals surface area contributed by atoms with E-state index in [1.165, 1.54) is 0 Å². The fourth-order valence-electron chi connectivity index (χ4n) is 2.01. The fourth-order valence-corrected chi connectivity index (χ4v) is 2.01. The van der Waals surface area contributed by atoms with Crippen molar-refractivity contribution in [2.75, 3.05) is 5.32 Å². The second kappa shape index (κ2) is 5.24. The zero-order valence-corrected chi connectivity index (χ0v) is 11.8. The van der Waals surface area contributed by atoms with Crippen LogP contribution in [0, 0.1) is 13.8 Å². The van der Waals surface area contributed by atoms with Crippen LogP contribution in [0.2, 0.25) is 0 Å². The molecule has 0 bridgehead atoms. The van der Waals surface area contributed by atoms with Crippen molar-refractivity contribution in [2.45, 2.75) is 13.8 Å². The molecule has 6 heteroatoms. The first-order valence-corrected chi connectivity index (χ1v) is 6.54. The Kier molecular flexibility index (Phi) is 3.27. The molecule has 2 heterocycles. The smallest absolute Gasteiger partial charge is 0.247 e. The largest absolute Gasteiger partial charge is 0.508 e. The van der Waals surface area contributed by atoms with Gasteiger partial charge in [-0.1, -0.05) is 6.07 Å². The molecule has 0 unspecified atom stereocenters. The predicted octanol–water partition coefficient (Wildman–Crippen LogP) is 2.73. The van der Waals surface area contributed by atoms with Gasteiger partial charge in [0.25, 0.3) is 0 Å². The Balaban J connectivity index is 1.89. The molecule has 0 atom stereocenters. The normalized spacial score (nSPS) is 10.6. The summed E-state index contributed by atoms with van der Waals surface area (Å²) in [7, 11) is 0. The maximum absolute atomic E-state index is 9.68. The molecule has 0 aliphatic rings. The molecule has 0 aliphatic carbocycles. The third kappa shape index (κ3) is 2.69. The van der Waals surface area contributed by atoms with Crippen molar-refractivity contribution >= 4 is 11.6 Å². The van der Waals surface area contributed by atoms with Gasteiger partial charge in [0.1, 0.15) is 12.1 Å². The zero-order valence-electron chi connectivity index (χ0n) is 11.8. The topological polar surface area (TPSA) is 75.9 Å². The van der Waals surface area contributed by atoms with E-state index in [9.17, 15) is 5.11 Å². The number of nitrogens with one attached hydrogen (secondary N) is 1. The summed E-state index contributed by atoms with van der Waals surface area (Å²) in [5.74, 6) is 1.36. The third-order valence-electron chi connectivity index (χ3n) is 3.27. The van der Waals surface area contributed by atoms with Crippen LogP contribution in [0.3, 0.4) is 0 Å². The molecule has 2 aromatic heterocycles. The van der Waals surface area contributed by atoms with E-state index in [0.29, 0.717) is 11.8 Å². The fraction of sp³-hybridized carbons (Fsp3) is 0.133. The number of phenols is 1. The lowest BCUT2D eigenvalue weighted by Gasteiger charge is -2.09. The summed E-state index contributed by atoms with van der Waals surface area (Å²) >= 11 is 0. The van der Waals surface area contributed by atoms with Gasteiger partial charge in [-0.05, 0) is 43.2 Å². The highest BCUT2D eigenvalue weighted by atomic mass is 16.3. The van der Waals surface area contributed by atoms with E-state index in [0.717, 1.165) is 16.8 Å². The Morgan fingerprint density at radius 3 is 2.76 bits per heavy atom. The van der Waals surface area contributed by atoms with Gasteiger partial charge in [-0.3, -0.25) is 0 Å². The van der Waals surface area contributed by atoms with Crippen LogP contribution in [0.5, 0.6) is 5.75 Å². The van der Waals surface area contributed by atoms with Gasteiger partial charge in [0.05, 0.1) is 0 Å². The van der Waals surface area contributed by atoms with Crippen molar-refractivity contribution in [2.24, 2.45) is 0 Å². The number of benzene rings is 1. The van der Waals surface area contributed by atoms with Gasteiger partial charge < -0.3 is 10.4 Å². The monoisotopic (exact) mass is 281 g/mol. The van der Waals surface area contributed by atoms with Crippen LogP contribution in [0.1, 0.15) is 11.1 Å². The molecule has 3 rings (SSSR count). The molecule has 1 aromatic carbocycles. The van der Waals surface area contributed by atoms with Gasteiger partial charge in [0.15, 0.2) is 5.82 Å². The van der Waals surface area contributed by atoms with Crippen molar-refractivity contribution < 1.29 is 5.11 Å². The lowest BCUT2D eigenvalue weighted by Crippen LogP contribution is -2.00. The third-order valence-corrected chi connectivity index (χ3v) is 3.27. The quantitative estimate of drug-likeness (QED) is 0.772. The highest BCUT2D eigenvalue weighted by Gasteiger charge is 2.08. The minimum Gasteiger partial charge on any atom is -0.508 e. The lowest BCUT2D eigenvalue weighted by atomic mass is 10.1. The van der Waals surface area contributed by atoms with Gasteiger partial charge in [0.2, 0.25) is 5.95 Å². The predicted molar refractivity (Wildman–Crippen MR) is 80.0 cm³/mol. The van der Waals surface area contributed by atoms with Gasteiger partial charge in [0, 0.05) is 18.0 Å². The number of phenolic OH excluding ortho intramolecular Hbond substituents is 1. The lowest BCUT2D eigenvalue weighted by molar-refractivity contribution is 0.475. The first-order chi connectivity index (χ1) is 10.1. The number of nitrogens with zero attached hydrogens (tertiary/aromatic N) is 4. The number of aromatic nitrogens is 4. The number of anilines is 2. The van der Waals surface area contributed by atoms with Crippen molar-refractivity contribution in [1.82, 2.24) is 19.7 Å². The number of hydrogen-bond acceptors (Lipinski definition) is 5. The zero-order chi connectivity index (χ0) is 14.8. The molecule has 0 amide bonds. The second-order valence-corrected chi connectivity index (χ2v) is 4.76. The van der Waals surface area contributed by atoms with Crippen LogP contribution >= 0.6 is 0 Å². The molecule has 0 spiro atoms. The van der Waals surface area contributed by atoms with Crippen LogP contribution in [0.25, 0.3) is 5.82 Å². The molecule has 3 aromatic rings. The molecule has 2 N–H and O–H groups in total. The Hall–Kier alpha value is -2.89. The summed E-state index contributed by atoms with van der Waals surface area (Å²) in [5.41, 5.74) is 2.83. The summed E-state index contributed by atoms with van der Waals surface area (Å²) in [6, 6.07) is 8.96. The van der Waals surface area contributed by atoms with Gasteiger partial charge in [-0.2, -0.15) is 4.98 Å². The minimum atomic E-state index is 0.213. The molecule has 0 fully saturated rings. The van der Waals surface area contributed by atoms with E-state index < -0.39 is 0 Å². The Bertz CT molecular complexity index is 767. The van der Waals surface area contributed by atoms with Gasteiger partial charge >= 0.3 is 0 Å². The van der Waals surface area contributed by atoms with E-state index in [4.69, 9.17) is 0 Å². The van der Waals surface area contributed by atoms with Gasteiger partial charge in [-0.25, -0.2) is 9.67 Å². The SMILES string of the molecule is Cc1cc(O)cc(Nc2ncn(-c3ccccn3)n2)c1C. The summed E-state index contributed by atoms with van der Waals surface area (Å²) in [4.78, 5) is 8.42. The van der Waals surface area contributed by atoms with Crippen molar-refractivity contribution in [3.8, 4) is 11.6 Å². The average Bonchev–Trinajstić information content (AvgIpc) is 2.94. The van der Waals surface area contributed by atoms with Gasteiger partial charge in [-0.15, -0.1) is 5.10 Å². The molecule has 106 valence electrons. The summed E-state index contributed by atoms with van der Waals surface area (Å²) < 4.78 is 1.59. The summed E-state index contributed by atoms with van der Waals surface area (Å²) in [6.07, 6.45) is 3.29. The van der Waals surface area contributed by atoms with E-state index in [1.54, 1.807) is 29.3 Å². The van der Waals surface area contributed by atoms with E-state index >= 15 is 0 Å². The van der Waals surface area contributed by atoms with E-state index in [2.05, 4.69) is 20.4 Å². The highest BCUT2D eigenvalue weighted by molar-refractivity contribution is 5.62. The number of aromatic hydroxyl groups is 1. The number of aryl methyl sites for hydroxylation is 1. The first-order valence-electron chi connectivity index (χ1n) is 6.54. The van der Waals surface area contributed by atoms with E-state index in [-0.39, 0.29) is 5.75 Å². The second-order valence-electron chi connectivity index (χ2n) is 4.76. The Morgan fingerprint density at radius 2 is 2.00 bits per heavy atom. The number of pyridine rings is 1. The summed E-state index contributed by atoms with van der Waals surface area (Å²) in [5, 5.41) is 17.1. The molecular weight excluding hydrogens is 266 g/mol. The van der Waals surface area contributed by atoms with Crippen molar-refractivity contribution in [1.29, 1.82) is 0 Å².